The average Bonchev–Trinajstić information content (AvgIpc) is 2.85. The molecule has 3 heterocycles. The van der Waals surface area contributed by atoms with E-state index in [1.54, 1.807) is 45.4 Å². The van der Waals surface area contributed by atoms with Crippen LogP contribution in [0.25, 0.3) is 11.6 Å². The van der Waals surface area contributed by atoms with Crippen LogP contribution in [0.1, 0.15) is 51.4 Å². The van der Waals surface area contributed by atoms with E-state index in [-0.39, 0.29) is 24.9 Å². The Bertz CT molecular complexity index is 1270. The Morgan fingerprint density at radius 3 is 2.59 bits per heavy atom. The van der Waals surface area contributed by atoms with Crippen molar-refractivity contribution in [2.75, 3.05) is 24.6 Å². The van der Waals surface area contributed by atoms with Crippen molar-refractivity contribution in [3.63, 3.8) is 0 Å². The lowest BCUT2D eigenvalue weighted by atomic mass is 9.98. The quantitative estimate of drug-likeness (QED) is 0.447. The highest BCUT2D eigenvalue weighted by molar-refractivity contribution is 5.66. The highest BCUT2D eigenvalue weighted by Crippen LogP contribution is 2.36. The number of hydrogen-bond acceptors (Lipinski definition) is 7. The second-order valence-corrected chi connectivity index (χ2v) is 9.83. The van der Waals surface area contributed by atoms with Crippen LogP contribution in [0.15, 0.2) is 36.8 Å². The maximum Gasteiger partial charge on any atom is 0.407 e. The van der Waals surface area contributed by atoms with E-state index in [0.717, 1.165) is 17.3 Å². The topological polar surface area (TPSA) is 105 Å². The summed E-state index contributed by atoms with van der Waals surface area (Å²) >= 11 is 0. The fourth-order valence-corrected chi connectivity index (χ4v) is 4.38. The average molecular weight is 513 g/mol. The Labute approximate surface area is 214 Å². The van der Waals surface area contributed by atoms with E-state index in [2.05, 4.69) is 19.9 Å². The molecule has 0 saturated heterocycles. The number of amides is 1. The predicted octanol–water partition coefficient (Wildman–Crippen LogP) is 4.88. The van der Waals surface area contributed by atoms with Gasteiger partial charge in [0.2, 0.25) is 5.82 Å². The molecule has 0 spiro atoms. The van der Waals surface area contributed by atoms with Gasteiger partial charge in [0.1, 0.15) is 0 Å². The lowest BCUT2D eigenvalue weighted by Gasteiger charge is -2.36. The second-order valence-electron chi connectivity index (χ2n) is 9.83. The molecule has 3 aromatic rings. The molecule has 1 aromatic carbocycles. The SMILES string of the molecule is CC1c2cnc(-c3ncccn3)nc2CCN1c1cc(F)c(F)c(OCCCN(C(=O)O)C(C)(C)C)c1. The van der Waals surface area contributed by atoms with Crippen LogP contribution in [-0.4, -0.2) is 61.3 Å². The maximum atomic E-state index is 14.6. The molecule has 0 bridgehead atoms. The molecule has 1 unspecified atom stereocenters. The van der Waals surface area contributed by atoms with Crippen LogP contribution in [0.4, 0.5) is 19.3 Å². The smallest absolute Gasteiger partial charge is 0.407 e. The third-order valence-corrected chi connectivity index (χ3v) is 6.31. The number of carbonyl (C=O) groups is 1. The van der Waals surface area contributed by atoms with Gasteiger partial charge in [-0.05, 0) is 40.2 Å². The Morgan fingerprint density at radius 2 is 1.92 bits per heavy atom. The Morgan fingerprint density at radius 1 is 1.19 bits per heavy atom. The van der Waals surface area contributed by atoms with Gasteiger partial charge in [0, 0.05) is 67.0 Å². The lowest BCUT2D eigenvalue weighted by Crippen LogP contribution is -2.45. The van der Waals surface area contributed by atoms with Gasteiger partial charge in [0.05, 0.1) is 18.3 Å². The first kappa shape index (κ1) is 26.2. The van der Waals surface area contributed by atoms with Gasteiger partial charge in [-0.2, -0.15) is 4.39 Å². The van der Waals surface area contributed by atoms with Crippen LogP contribution in [0.5, 0.6) is 5.75 Å². The van der Waals surface area contributed by atoms with Crippen LogP contribution < -0.4 is 9.64 Å². The zero-order valence-electron chi connectivity index (χ0n) is 21.3. The highest BCUT2D eigenvalue weighted by atomic mass is 19.2. The van der Waals surface area contributed by atoms with Gasteiger partial charge in [-0.3, -0.25) is 0 Å². The molecule has 0 aliphatic carbocycles. The van der Waals surface area contributed by atoms with Crippen molar-refractivity contribution >= 4 is 11.8 Å². The monoisotopic (exact) mass is 512 g/mol. The maximum absolute atomic E-state index is 14.6. The first-order chi connectivity index (χ1) is 17.6. The number of carboxylic acid groups (broad SMARTS) is 1. The molecule has 2 aromatic heterocycles. The van der Waals surface area contributed by atoms with Crippen LogP contribution in [-0.2, 0) is 6.42 Å². The second kappa shape index (κ2) is 10.6. The summed E-state index contributed by atoms with van der Waals surface area (Å²) in [6, 6.07) is 4.16. The van der Waals surface area contributed by atoms with Crippen molar-refractivity contribution in [3.05, 3.63) is 59.7 Å². The summed E-state index contributed by atoms with van der Waals surface area (Å²) < 4.78 is 34.7. The number of ether oxygens (including phenoxy) is 1. The third-order valence-electron chi connectivity index (χ3n) is 6.31. The van der Waals surface area contributed by atoms with Crippen molar-refractivity contribution < 1.29 is 23.4 Å². The number of anilines is 1. The highest BCUT2D eigenvalue weighted by Gasteiger charge is 2.28. The van der Waals surface area contributed by atoms with Gasteiger partial charge in [-0.25, -0.2) is 29.1 Å². The van der Waals surface area contributed by atoms with Crippen molar-refractivity contribution in [1.29, 1.82) is 0 Å². The van der Waals surface area contributed by atoms with E-state index in [0.29, 0.717) is 36.7 Å². The van der Waals surface area contributed by atoms with Crippen LogP contribution >= 0.6 is 0 Å². The normalized spacial score (nSPS) is 15.3. The fraction of sp³-hybridized carbons (Fsp3) is 0.423. The third kappa shape index (κ3) is 5.76. The molecule has 37 heavy (non-hydrogen) atoms. The van der Waals surface area contributed by atoms with Crippen molar-refractivity contribution in [3.8, 4) is 17.4 Å². The lowest BCUT2D eigenvalue weighted by molar-refractivity contribution is 0.0960. The fourth-order valence-electron chi connectivity index (χ4n) is 4.38. The summed E-state index contributed by atoms with van der Waals surface area (Å²) in [5.41, 5.74) is 1.64. The van der Waals surface area contributed by atoms with Gasteiger partial charge in [0.25, 0.3) is 0 Å². The van der Waals surface area contributed by atoms with E-state index in [1.165, 1.54) is 11.0 Å². The number of rotatable bonds is 7. The zero-order chi connectivity index (χ0) is 26.7. The molecule has 11 heteroatoms. The molecule has 1 aliphatic rings. The summed E-state index contributed by atoms with van der Waals surface area (Å²) in [6.45, 7) is 8.10. The molecule has 0 fully saturated rings. The van der Waals surface area contributed by atoms with E-state index < -0.39 is 23.3 Å². The molecule has 9 nitrogen and oxygen atoms in total. The summed E-state index contributed by atoms with van der Waals surface area (Å²) in [4.78, 5) is 32.2. The molecule has 0 saturated carbocycles. The van der Waals surface area contributed by atoms with Crippen LogP contribution in [0.2, 0.25) is 0 Å². The molecule has 4 rings (SSSR count). The van der Waals surface area contributed by atoms with E-state index in [1.807, 2.05) is 11.8 Å². The first-order valence-electron chi connectivity index (χ1n) is 12.1. The van der Waals surface area contributed by atoms with E-state index >= 15 is 0 Å². The minimum absolute atomic E-state index is 0.0379. The molecule has 1 aliphatic heterocycles. The molecular formula is C26H30F2N6O3. The van der Waals surface area contributed by atoms with Gasteiger partial charge in [-0.15, -0.1) is 0 Å². The van der Waals surface area contributed by atoms with E-state index in [4.69, 9.17) is 4.74 Å². The number of nitrogens with zero attached hydrogens (tertiary/aromatic N) is 6. The first-order valence-corrected chi connectivity index (χ1v) is 12.1. The molecule has 0 radical (unpaired) electrons. The molecule has 1 atom stereocenters. The summed E-state index contributed by atoms with van der Waals surface area (Å²) in [5.74, 6) is -1.41. The van der Waals surface area contributed by atoms with Crippen LogP contribution in [0, 0.1) is 11.6 Å². The molecule has 1 amide bonds. The minimum Gasteiger partial charge on any atom is -0.490 e. The predicted molar refractivity (Wildman–Crippen MR) is 133 cm³/mol. The largest absolute Gasteiger partial charge is 0.490 e. The van der Waals surface area contributed by atoms with Gasteiger partial charge in [0.15, 0.2) is 23.2 Å². The number of fused-ring (bicyclic) bond motifs is 1. The van der Waals surface area contributed by atoms with E-state index in [9.17, 15) is 18.7 Å². The van der Waals surface area contributed by atoms with Gasteiger partial charge in [-0.1, -0.05) is 0 Å². The van der Waals surface area contributed by atoms with Gasteiger partial charge >= 0.3 is 6.09 Å². The number of benzene rings is 1. The van der Waals surface area contributed by atoms with Gasteiger partial charge < -0.3 is 19.6 Å². The minimum atomic E-state index is -1.07. The van der Waals surface area contributed by atoms with Crippen molar-refractivity contribution in [2.45, 2.75) is 52.1 Å². The number of aromatic nitrogens is 4. The summed E-state index contributed by atoms with van der Waals surface area (Å²) in [6.07, 6.45) is 4.85. The van der Waals surface area contributed by atoms with Crippen molar-refractivity contribution in [1.82, 2.24) is 24.8 Å². The number of hydrogen-bond donors (Lipinski definition) is 1. The Kier molecular flexibility index (Phi) is 7.51. The number of halogens is 2. The summed E-state index contributed by atoms with van der Waals surface area (Å²) in [5, 5.41) is 9.41. The Hall–Kier alpha value is -3.89. The molecular weight excluding hydrogens is 482 g/mol. The molecule has 196 valence electrons. The standard InChI is InChI=1S/C26H30F2N6O3/c1-16-18-15-31-24(23-29-8-5-9-30-23)32-20(18)7-11-33(16)17-13-19(27)22(28)21(14-17)37-12-6-10-34(25(35)36)26(2,3)4/h5,8-9,13-16H,6-7,10-12H2,1-4H3,(H,35,36). The van der Waals surface area contributed by atoms with Crippen molar-refractivity contribution in [2.24, 2.45) is 0 Å². The van der Waals surface area contributed by atoms with Crippen LogP contribution in [0.3, 0.4) is 0 Å². The Balaban J connectivity index is 1.48. The molecule has 1 N–H and O–H groups in total. The summed E-state index contributed by atoms with van der Waals surface area (Å²) in [7, 11) is 0. The zero-order valence-corrected chi connectivity index (χ0v) is 21.3.